The van der Waals surface area contributed by atoms with E-state index in [-0.39, 0.29) is 22.5 Å². The number of aromatic nitrogens is 2. The van der Waals surface area contributed by atoms with Crippen LogP contribution in [0.1, 0.15) is 24.4 Å². The van der Waals surface area contributed by atoms with Crippen LogP contribution in [0.25, 0.3) is 11.3 Å². The molecule has 3 heterocycles. The topological polar surface area (TPSA) is 64.2 Å². The van der Waals surface area contributed by atoms with Crippen molar-refractivity contribution in [3.63, 3.8) is 0 Å². The zero-order valence-electron chi connectivity index (χ0n) is 15.2. The van der Waals surface area contributed by atoms with Gasteiger partial charge >= 0.3 is 0 Å². The van der Waals surface area contributed by atoms with E-state index in [2.05, 4.69) is 14.5 Å². The van der Waals surface area contributed by atoms with Crippen LogP contribution in [0.2, 0.25) is 0 Å². The molecule has 1 fully saturated rings. The molecule has 28 heavy (non-hydrogen) atoms. The molecule has 0 N–H and O–H groups in total. The van der Waals surface area contributed by atoms with E-state index in [9.17, 15) is 14.5 Å². The van der Waals surface area contributed by atoms with Crippen LogP contribution in [0.15, 0.2) is 55.0 Å². The third-order valence-corrected chi connectivity index (χ3v) is 5.98. The van der Waals surface area contributed by atoms with E-state index in [1.165, 1.54) is 12.1 Å². The van der Waals surface area contributed by atoms with Crippen molar-refractivity contribution in [2.45, 2.75) is 18.9 Å². The van der Waals surface area contributed by atoms with Crippen molar-refractivity contribution in [3.8, 4) is 11.3 Å². The van der Waals surface area contributed by atoms with Gasteiger partial charge in [-0.15, -0.1) is 0 Å². The van der Waals surface area contributed by atoms with Crippen LogP contribution in [-0.2, 0) is 0 Å². The van der Waals surface area contributed by atoms with Gasteiger partial charge in [-0.25, -0.2) is 9.37 Å². The number of piperidine rings is 1. The van der Waals surface area contributed by atoms with Crippen LogP contribution in [0.3, 0.4) is 0 Å². The summed E-state index contributed by atoms with van der Waals surface area (Å²) in [4.78, 5) is 17.1. The zero-order chi connectivity index (χ0) is 19.3. The van der Waals surface area contributed by atoms with Crippen LogP contribution in [0.4, 0.5) is 15.8 Å². The SMILES string of the molecule is O=[N+]([O-])c1cccc(N2CCC(C3c4c(F)cccc4-c4cncn43)CC2)c1. The van der Waals surface area contributed by atoms with E-state index in [1.807, 2.05) is 12.1 Å². The van der Waals surface area contributed by atoms with Crippen molar-refractivity contribution >= 4 is 11.4 Å². The molecule has 142 valence electrons. The minimum Gasteiger partial charge on any atom is -0.371 e. The molecule has 2 aromatic carbocycles. The number of anilines is 1. The fraction of sp³-hybridized carbons (Fsp3) is 0.286. The molecule has 1 aromatic heterocycles. The average Bonchev–Trinajstić information content (AvgIpc) is 3.30. The molecule has 1 atom stereocenters. The molecular weight excluding hydrogens is 359 g/mol. The number of hydrogen-bond acceptors (Lipinski definition) is 4. The molecule has 2 aliphatic rings. The quantitative estimate of drug-likeness (QED) is 0.500. The van der Waals surface area contributed by atoms with Crippen LogP contribution in [0, 0.1) is 21.8 Å². The molecule has 0 radical (unpaired) electrons. The summed E-state index contributed by atoms with van der Waals surface area (Å²) in [5.74, 6) is 0.133. The van der Waals surface area contributed by atoms with Gasteiger partial charge in [-0.1, -0.05) is 18.2 Å². The molecule has 0 saturated carbocycles. The lowest BCUT2D eigenvalue weighted by Crippen LogP contribution is -2.36. The van der Waals surface area contributed by atoms with Crippen molar-refractivity contribution in [2.24, 2.45) is 5.92 Å². The number of nitro groups is 1. The number of rotatable bonds is 3. The number of nitrogens with zero attached hydrogens (tertiary/aromatic N) is 4. The summed E-state index contributed by atoms with van der Waals surface area (Å²) >= 11 is 0. The Balaban J connectivity index is 1.40. The maximum absolute atomic E-state index is 14.7. The van der Waals surface area contributed by atoms with Gasteiger partial charge in [-0.05, 0) is 30.9 Å². The molecule has 5 rings (SSSR count). The summed E-state index contributed by atoms with van der Waals surface area (Å²) in [5.41, 5.74) is 3.65. The predicted octanol–water partition coefficient (Wildman–Crippen LogP) is 4.42. The Labute approximate surface area is 161 Å². The first-order chi connectivity index (χ1) is 13.6. The van der Waals surface area contributed by atoms with E-state index in [4.69, 9.17) is 0 Å². The Bertz CT molecular complexity index is 1060. The van der Waals surface area contributed by atoms with E-state index >= 15 is 0 Å². The molecule has 2 aliphatic heterocycles. The largest absolute Gasteiger partial charge is 0.371 e. The number of fused-ring (bicyclic) bond motifs is 3. The minimum atomic E-state index is -0.366. The van der Waals surface area contributed by atoms with Gasteiger partial charge in [0.15, 0.2) is 0 Å². The predicted molar refractivity (Wildman–Crippen MR) is 104 cm³/mol. The maximum atomic E-state index is 14.7. The van der Waals surface area contributed by atoms with Crippen molar-refractivity contribution < 1.29 is 9.31 Å². The second-order valence-corrected chi connectivity index (χ2v) is 7.43. The summed E-state index contributed by atoms with van der Waals surface area (Å²) in [6, 6.07) is 12.0. The smallest absolute Gasteiger partial charge is 0.271 e. The fourth-order valence-corrected chi connectivity index (χ4v) is 4.67. The number of imidazole rings is 1. The van der Waals surface area contributed by atoms with Gasteiger partial charge in [-0.2, -0.15) is 0 Å². The maximum Gasteiger partial charge on any atom is 0.271 e. The number of halogens is 1. The summed E-state index contributed by atoms with van der Waals surface area (Å²) in [6.07, 6.45) is 5.38. The number of hydrogen-bond donors (Lipinski definition) is 0. The van der Waals surface area contributed by atoms with Crippen LogP contribution in [0.5, 0.6) is 0 Å². The Morgan fingerprint density at radius 1 is 1.14 bits per heavy atom. The monoisotopic (exact) mass is 378 g/mol. The van der Waals surface area contributed by atoms with Gasteiger partial charge in [0.25, 0.3) is 5.69 Å². The lowest BCUT2D eigenvalue weighted by molar-refractivity contribution is -0.384. The first kappa shape index (κ1) is 16.9. The normalized spacial score (nSPS) is 18.8. The zero-order valence-corrected chi connectivity index (χ0v) is 15.2. The second-order valence-electron chi connectivity index (χ2n) is 7.43. The standard InChI is InChI=1S/C21H19FN4O2/c22-18-6-2-5-17-19-12-23-13-25(19)21(20(17)18)14-7-9-24(10-8-14)15-3-1-4-16(11-15)26(27)28/h1-6,11-14,21H,7-10H2. The molecular formula is C21H19FN4O2. The van der Waals surface area contributed by atoms with E-state index < -0.39 is 0 Å². The average molecular weight is 378 g/mol. The lowest BCUT2D eigenvalue weighted by Gasteiger charge is -2.36. The third-order valence-electron chi connectivity index (χ3n) is 5.98. The second kappa shape index (κ2) is 6.44. The van der Waals surface area contributed by atoms with Gasteiger partial charge < -0.3 is 9.47 Å². The Morgan fingerprint density at radius 2 is 1.93 bits per heavy atom. The van der Waals surface area contributed by atoms with E-state index in [1.54, 1.807) is 30.7 Å². The Kier molecular flexibility index (Phi) is 3.89. The van der Waals surface area contributed by atoms with Crippen LogP contribution in [-0.4, -0.2) is 27.6 Å². The molecule has 0 bridgehead atoms. The van der Waals surface area contributed by atoms with E-state index in [0.29, 0.717) is 5.92 Å². The lowest BCUT2D eigenvalue weighted by atomic mass is 9.85. The van der Waals surface area contributed by atoms with Crippen molar-refractivity contribution in [2.75, 3.05) is 18.0 Å². The van der Waals surface area contributed by atoms with Crippen molar-refractivity contribution in [1.29, 1.82) is 0 Å². The molecule has 0 aliphatic carbocycles. The summed E-state index contributed by atoms with van der Waals surface area (Å²) in [6.45, 7) is 1.58. The number of non-ortho nitro benzene ring substituents is 1. The Morgan fingerprint density at radius 3 is 2.71 bits per heavy atom. The fourth-order valence-electron chi connectivity index (χ4n) is 4.67. The van der Waals surface area contributed by atoms with Gasteiger partial charge in [0.05, 0.1) is 29.2 Å². The summed E-state index contributed by atoms with van der Waals surface area (Å²) < 4.78 is 16.8. The highest BCUT2D eigenvalue weighted by molar-refractivity contribution is 5.69. The highest BCUT2D eigenvalue weighted by Gasteiger charge is 2.38. The molecule has 7 heteroatoms. The minimum absolute atomic E-state index is 0.0408. The molecule has 6 nitrogen and oxygen atoms in total. The molecule has 1 unspecified atom stereocenters. The van der Waals surface area contributed by atoms with Crippen molar-refractivity contribution in [3.05, 3.63) is 76.5 Å². The van der Waals surface area contributed by atoms with Crippen LogP contribution < -0.4 is 4.90 Å². The first-order valence-corrected chi connectivity index (χ1v) is 9.43. The van der Waals surface area contributed by atoms with Crippen molar-refractivity contribution in [1.82, 2.24) is 9.55 Å². The first-order valence-electron chi connectivity index (χ1n) is 9.43. The number of nitro benzene ring substituents is 1. The molecule has 0 spiro atoms. The van der Waals surface area contributed by atoms with Gasteiger partial charge in [0.2, 0.25) is 0 Å². The molecule has 1 saturated heterocycles. The molecule has 0 amide bonds. The number of benzene rings is 2. The van der Waals surface area contributed by atoms with Gasteiger partial charge in [-0.3, -0.25) is 10.1 Å². The Hall–Kier alpha value is -3.22. The van der Waals surface area contributed by atoms with E-state index in [0.717, 1.165) is 48.4 Å². The van der Waals surface area contributed by atoms with Crippen LogP contribution >= 0.6 is 0 Å². The van der Waals surface area contributed by atoms with Gasteiger partial charge in [0.1, 0.15) is 5.82 Å². The highest BCUT2D eigenvalue weighted by Crippen LogP contribution is 2.46. The summed E-state index contributed by atoms with van der Waals surface area (Å²) in [5, 5.41) is 11.0. The highest BCUT2D eigenvalue weighted by atomic mass is 19.1. The third kappa shape index (κ3) is 2.58. The molecule has 3 aromatic rings. The van der Waals surface area contributed by atoms with Gasteiger partial charge in [0, 0.05) is 42.0 Å². The summed E-state index contributed by atoms with van der Waals surface area (Å²) in [7, 11) is 0.